The lowest BCUT2D eigenvalue weighted by atomic mass is 9.89. The summed E-state index contributed by atoms with van der Waals surface area (Å²) < 4.78 is 0. The molecular formula is C19H26N4O2. The Labute approximate surface area is 146 Å². The predicted octanol–water partition coefficient (Wildman–Crippen LogP) is 1.27. The molecule has 0 amide bonds. The van der Waals surface area contributed by atoms with E-state index in [-0.39, 0.29) is 21.9 Å². The van der Waals surface area contributed by atoms with E-state index in [1.165, 1.54) is 19.3 Å². The van der Waals surface area contributed by atoms with E-state index >= 15 is 0 Å². The third-order valence-corrected chi connectivity index (χ3v) is 4.74. The van der Waals surface area contributed by atoms with Gasteiger partial charge in [0.05, 0.1) is 12.0 Å². The molecule has 0 unspecified atom stereocenters. The van der Waals surface area contributed by atoms with Gasteiger partial charge in [0.1, 0.15) is 10.7 Å². The zero-order valence-corrected chi connectivity index (χ0v) is 15.1. The van der Waals surface area contributed by atoms with Gasteiger partial charge in [-0.05, 0) is 24.8 Å². The second-order valence-corrected chi connectivity index (χ2v) is 7.86. The van der Waals surface area contributed by atoms with Crippen molar-refractivity contribution in [3.8, 4) is 0 Å². The summed E-state index contributed by atoms with van der Waals surface area (Å²) in [6.45, 7) is 6.19. The number of hydrogen-bond donors (Lipinski definition) is 3. The molecule has 0 aromatic carbocycles. The summed E-state index contributed by atoms with van der Waals surface area (Å²) in [5.74, 6) is 0.374. The number of aromatic amines is 3. The molecule has 1 aliphatic rings. The van der Waals surface area contributed by atoms with Crippen LogP contribution in [0.3, 0.4) is 0 Å². The summed E-state index contributed by atoms with van der Waals surface area (Å²) in [6.07, 6.45) is 10.9. The maximum absolute atomic E-state index is 12.4. The molecular weight excluding hydrogens is 316 g/mol. The van der Waals surface area contributed by atoms with Gasteiger partial charge in [0.15, 0.2) is 0 Å². The average molecular weight is 342 g/mol. The van der Waals surface area contributed by atoms with Crippen molar-refractivity contribution in [3.63, 3.8) is 0 Å². The highest BCUT2D eigenvalue weighted by Crippen LogP contribution is 2.24. The molecule has 0 bridgehead atoms. The summed E-state index contributed by atoms with van der Waals surface area (Å²) >= 11 is 0. The van der Waals surface area contributed by atoms with Gasteiger partial charge in [0, 0.05) is 11.1 Å². The summed E-state index contributed by atoms with van der Waals surface area (Å²) in [6, 6.07) is 0. The molecule has 25 heavy (non-hydrogen) atoms. The number of imidazole rings is 1. The van der Waals surface area contributed by atoms with Gasteiger partial charge in [-0.3, -0.25) is 9.59 Å². The minimum absolute atomic E-state index is 0.135. The van der Waals surface area contributed by atoms with Crippen LogP contribution in [0.1, 0.15) is 64.3 Å². The second-order valence-electron chi connectivity index (χ2n) is 7.86. The molecule has 0 aliphatic heterocycles. The van der Waals surface area contributed by atoms with Crippen LogP contribution >= 0.6 is 0 Å². The van der Waals surface area contributed by atoms with E-state index in [4.69, 9.17) is 0 Å². The maximum Gasteiger partial charge on any atom is 0.272 e. The summed E-state index contributed by atoms with van der Waals surface area (Å²) in [4.78, 5) is 37.6. The molecule has 1 saturated carbocycles. The first kappa shape index (κ1) is 17.5. The fourth-order valence-corrected chi connectivity index (χ4v) is 3.40. The second kappa shape index (κ2) is 6.86. The molecule has 6 nitrogen and oxygen atoms in total. The van der Waals surface area contributed by atoms with E-state index in [9.17, 15) is 9.59 Å². The largest absolute Gasteiger partial charge is 0.348 e. The van der Waals surface area contributed by atoms with Crippen LogP contribution in [0.4, 0.5) is 0 Å². The molecule has 2 aromatic rings. The Morgan fingerprint density at radius 1 is 1.04 bits per heavy atom. The van der Waals surface area contributed by atoms with Gasteiger partial charge in [0.25, 0.3) is 11.1 Å². The minimum Gasteiger partial charge on any atom is -0.348 e. The van der Waals surface area contributed by atoms with Gasteiger partial charge in [0.2, 0.25) is 0 Å². The number of nitrogens with zero attached hydrogens (tertiary/aromatic N) is 1. The summed E-state index contributed by atoms with van der Waals surface area (Å²) in [5.41, 5.74) is 0.890. The lowest BCUT2D eigenvalue weighted by molar-refractivity contribution is 0.435. The highest BCUT2D eigenvalue weighted by Gasteiger charge is 2.19. The third kappa shape index (κ3) is 4.00. The van der Waals surface area contributed by atoms with Crippen molar-refractivity contribution in [3.05, 3.63) is 49.1 Å². The minimum atomic E-state index is -0.301. The standard InChI is InChI=1S/C19H26N4O2/c1-19(2,3)16-13(20-11-21-16)10-15-18(25)22-14(17(24)23-15)9-12-7-5-4-6-8-12/h9-12H,4-8H2,1-3H3,(H,20,21)(H,22,25)(H,23,24)/b14-9+,15-10+. The van der Waals surface area contributed by atoms with Crippen molar-refractivity contribution >= 4 is 12.2 Å². The Morgan fingerprint density at radius 2 is 1.68 bits per heavy atom. The maximum atomic E-state index is 12.4. The quantitative estimate of drug-likeness (QED) is 0.767. The van der Waals surface area contributed by atoms with Crippen LogP contribution in [0.2, 0.25) is 0 Å². The number of hydrogen-bond acceptors (Lipinski definition) is 3. The Balaban J connectivity index is 2.04. The predicted molar refractivity (Wildman–Crippen MR) is 98.8 cm³/mol. The van der Waals surface area contributed by atoms with Gasteiger partial charge in [-0.25, -0.2) is 4.98 Å². The zero-order valence-electron chi connectivity index (χ0n) is 15.1. The van der Waals surface area contributed by atoms with Crippen molar-refractivity contribution < 1.29 is 0 Å². The molecule has 6 heteroatoms. The number of H-pyrrole nitrogens is 3. The first-order valence-corrected chi connectivity index (χ1v) is 8.94. The normalized spacial score (nSPS) is 18.0. The zero-order chi connectivity index (χ0) is 18.0. The molecule has 0 radical (unpaired) electrons. The molecule has 0 atom stereocenters. The first-order chi connectivity index (χ1) is 11.8. The van der Waals surface area contributed by atoms with Crippen molar-refractivity contribution in [2.24, 2.45) is 5.92 Å². The van der Waals surface area contributed by atoms with E-state index in [1.807, 2.05) is 6.08 Å². The molecule has 1 aliphatic carbocycles. The van der Waals surface area contributed by atoms with E-state index in [0.717, 1.165) is 18.5 Å². The van der Waals surface area contributed by atoms with Crippen molar-refractivity contribution in [1.29, 1.82) is 0 Å². The first-order valence-electron chi connectivity index (χ1n) is 8.94. The van der Waals surface area contributed by atoms with E-state index in [1.54, 1.807) is 12.4 Å². The number of nitrogens with one attached hydrogen (secondary N) is 3. The summed E-state index contributed by atoms with van der Waals surface area (Å²) in [7, 11) is 0. The molecule has 2 heterocycles. The Hall–Kier alpha value is -2.37. The average Bonchev–Trinajstić information content (AvgIpc) is 3.02. The number of aromatic nitrogens is 4. The van der Waals surface area contributed by atoms with Crippen LogP contribution in [-0.2, 0) is 5.41 Å². The SMILES string of the molecule is CC(C)(C)c1[nH]cnc1/C=c1/[nH]c(=O)/c(=C\C2CCCCC2)[nH]c1=O. The van der Waals surface area contributed by atoms with Crippen LogP contribution in [0, 0.1) is 5.92 Å². The van der Waals surface area contributed by atoms with Crippen LogP contribution in [0.25, 0.3) is 12.2 Å². The Kier molecular flexibility index (Phi) is 4.79. The lowest BCUT2D eigenvalue weighted by Crippen LogP contribution is -2.47. The molecule has 2 aromatic heterocycles. The van der Waals surface area contributed by atoms with Crippen molar-refractivity contribution in [1.82, 2.24) is 19.9 Å². The molecule has 134 valence electrons. The van der Waals surface area contributed by atoms with E-state index < -0.39 is 0 Å². The number of rotatable bonds is 2. The Morgan fingerprint density at radius 3 is 2.36 bits per heavy atom. The Bertz CT molecular complexity index is 966. The molecule has 0 spiro atoms. The highest BCUT2D eigenvalue weighted by molar-refractivity contribution is 5.48. The van der Waals surface area contributed by atoms with Crippen LogP contribution < -0.4 is 21.8 Å². The van der Waals surface area contributed by atoms with Crippen LogP contribution in [0.5, 0.6) is 0 Å². The highest BCUT2D eigenvalue weighted by atomic mass is 16.1. The summed E-state index contributed by atoms with van der Waals surface area (Å²) in [5, 5.41) is 0.593. The molecule has 3 N–H and O–H groups in total. The topological polar surface area (TPSA) is 94.4 Å². The fourth-order valence-electron chi connectivity index (χ4n) is 3.40. The fraction of sp³-hybridized carbons (Fsp3) is 0.526. The van der Waals surface area contributed by atoms with Crippen LogP contribution in [-0.4, -0.2) is 19.9 Å². The smallest absolute Gasteiger partial charge is 0.272 e. The van der Waals surface area contributed by atoms with Crippen molar-refractivity contribution in [2.75, 3.05) is 0 Å². The molecule has 1 fully saturated rings. The van der Waals surface area contributed by atoms with Gasteiger partial charge in [-0.1, -0.05) is 46.1 Å². The molecule has 0 saturated heterocycles. The van der Waals surface area contributed by atoms with Gasteiger partial charge < -0.3 is 15.0 Å². The third-order valence-electron chi connectivity index (χ3n) is 4.74. The van der Waals surface area contributed by atoms with Gasteiger partial charge in [-0.15, -0.1) is 0 Å². The van der Waals surface area contributed by atoms with E-state index in [2.05, 4.69) is 40.7 Å². The van der Waals surface area contributed by atoms with Gasteiger partial charge >= 0.3 is 0 Å². The molecule has 3 rings (SSSR count). The van der Waals surface area contributed by atoms with Crippen molar-refractivity contribution in [2.45, 2.75) is 58.3 Å². The lowest BCUT2D eigenvalue weighted by Gasteiger charge is -2.17. The monoisotopic (exact) mass is 342 g/mol. The van der Waals surface area contributed by atoms with E-state index in [0.29, 0.717) is 17.0 Å². The van der Waals surface area contributed by atoms with Crippen LogP contribution in [0.15, 0.2) is 15.9 Å². The van der Waals surface area contributed by atoms with Gasteiger partial charge in [-0.2, -0.15) is 0 Å².